The first-order valence-electron chi connectivity index (χ1n) is 6.26. The van der Waals surface area contributed by atoms with E-state index < -0.39 is 5.97 Å². The molecular formula is C14H15N3O3S. The maximum absolute atomic E-state index is 11.7. The quantitative estimate of drug-likeness (QED) is 0.761. The van der Waals surface area contributed by atoms with Crippen molar-refractivity contribution in [1.29, 1.82) is 0 Å². The third-order valence-corrected chi connectivity index (χ3v) is 3.66. The summed E-state index contributed by atoms with van der Waals surface area (Å²) >= 11 is 1.49. The average molecular weight is 305 g/mol. The molecule has 7 heteroatoms. The van der Waals surface area contributed by atoms with Gasteiger partial charge in [0.1, 0.15) is 5.69 Å². The number of carboxylic acid groups (broad SMARTS) is 1. The summed E-state index contributed by atoms with van der Waals surface area (Å²) in [5, 5.41) is 17.3. The number of nitrogens with one attached hydrogen (secondary N) is 2. The van der Waals surface area contributed by atoms with Crippen molar-refractivity contribution in [3.63, 3.8) is 0 Å². The first kappa shape index (κ1) is 15.1. The van der Waals surface area contributed by atoms with E-state index in [9.17, 15) is 9.59 Å². The second-order valence-electron chi connectivity index (χ2n) is 4.50. The Hall–Kier alpha value is -2.28. The second-order valence-corrected chi connectivity index (χ2v) is 5.49. The van der Waals surface area contributed by atoms with Gasteiger partial charge in [0.15, 0.2) is 5.82 Å². The van der Waals surface area contributed by atoms with Crippen LogP contribution in [0.3, 0.4) is 0 Å². The lowest BCUT2D eigenvalue weighted by Gasteiger charge is -2.03. The monoisotopic (exact) mass is 305 g/mol. The summed E-state index contributed by atoms with van der Waals surface area (Å²) in [6.07, 6.45) is 0. The van der Waals surface area contributed by atoms with Gasteiger partial charge in [0.2, 0.25) is 5.91 Å². The number of aryl methyl sites for hydroxylation is 1. The van der Waals surface area contributed by atoms with E-state index in [1.807, 2.05) is 25.1 Å². The number of aromatic carboxylic acids is 1. The zero-order chi connectivity index (χ0) is 15.2. The number of carbonyl (C=O) groups excluding carboxylic acids is 1. The fourth-order valence-corrected chi connectivity index (χ4v) is 2.51. The van der Waals surface area contributed by atoms with Crippen molar-refractivity contribution >= 4 is 29.5 Å². The van der Waals surface area contributed by atoms with Crippen LogP contribution in [0.5, 0.6) is 0 Å². The maximum atomic E-state index is 11.7. The number of benzene rings is 1. The lowest BCUT2D eigenvalue weighted by molar-refractivity contribution is -0.113. The molecule has 0 saturated heterocycles. The summed E-state index contributed by atoms with van der Waals surface area (Å²) in [4.78, 5) is 22.4. The molecule has 0 aliphatic heterocycles. The number of anilines is 1. The van der Waals surface area contributed by atoms with Crippen molar-refractivity contribution < 1.29 is 14.7 Å². The molecule has 0 atom stereocenters. The van der Waals surface area contributed by atoms with Gasteiger partial charge < -0.3 is 10.4 Å². The number of amides is 1. The molecule has 1 aromatic carbocycles. The van der Waals surface area contributed by atoms with Gasteiger partial charge in [-0.15, -0.1) is 11.8 Å². The molecule has 0 spiro atoms. The number of carboxylic acids is 1. The highest BCUT2D eigenvalue weighted by atomic mass is 32.2. The number of aromatic amines is 1. The molecule has 0 aliphatic rings. The van der Waals surface area contributed by atoms with Crippen LogP contribution in [0, 0.1) is 6.92 Å². The van der Waals surface area contributed by atoms with E-state index in [2.05, 4.69) is 21.6 Å². The molecule has 1 aromatic heterocycles. The number of nitrogens with zero attached hydrogens (tertiary/aromatic N) is 1. The molecule has 1 amide bonds. The Kier molecular flexibility index (Phi) is 4.99. The van der Waals surface area contributed by atoms with Crippen LogP contribution in [0.25, 0.3) is 0 Å². The van der Waals surface area contributed by atoms with E-state index in [1.165, 1.54) is 29.0 Å². The highest BCUT2D eigenvalue weighted by molar-refractivity contribution is 7.99. The van der Waals surface area contributed by atoms with Crippen molar-refractivity contribution in [2.45, 2.75) is 12.7 Å². The molecule has 2 rings (SSSR count). The number of thioether (sulfide) groups is 1. The van der Waals surface area contributed by atoms with Crippen molar-refractivity contribution in [2.24, 2.45) is 0 Å². The first-order valence-corrected chi connectivity index (χ1v) is 7.42. The van der Waals surface area contributed by atoms with E-state index in [0.29, 0.717) is 0 Å². The Labute approximate surface area is 126 Å². The van der Waals surface area contributed by atoms with E-state index in [-0.39, 0.29) is 23.2 Å². The van der Waals surface area contributed by atoms with Crippen LogP contribution in [-0.2, 0) is 10.5 Å². The molecule has 0 aliphatic carbocycles. The third-order valence-electron chi connectivity index (χ3n) is 2.66. The predicted octanol–water partition coefficient (Wildman–Crippen LogP) is 2.29. The van der Waals surface area contributed by atoms with Gasteiger partial charge in [-0.2, -0.15) is 5.10 Å². The molecule has 110 valence electrons. The molecule has 21 heavy (non-hydrogen) atoms. The fourth-order valence-electron chi connectivity index (χ4n) is 1.74. The zero-order valence-electron chi connectivity index (χ0n) is 11.4. The van der Waals surface area contributed by atoms with Crippen molar-refractivity contribution in [3.05, 3.63) is 47.2 Å². The van der Waals surface area contributed by atoms with E-state index >= 15 is 0 Å². The summed E-state index contributed by atoms with van der Waals surface area (Å²) in [6, 6.07) is 9.40. The van der Waals surface area contributed by atoms with Crippen LogP contribution in [0.2, 0.25) is 0 Å². The summed E-state index contributed by atoms with van der Waals surface area (Å²) in [6.45, 7) is 2.03. The molecule has 1 heterocycles. The number of hydrogen-bond donors (Lipinski definition) is 3. The first-order chi connectivity index (χ1) is 10.0. The Morgan fingerprint density at radius 1 is 1.38 bits per heavy atom. The van der Waals surface area contributed by atoms with Crippen molar-refractivity contribution in [2.75, 3.05) is 11.1 Å². The standard InChI is InChI=1S/C14H15N3O3S/c1-9-3-2-4-10(5-9)7-21-8-13(18)15-12-6-11(14(19)20)16-17-12/h2-6H,7-8H2,1H3,(H,19,20)(H2,15,16,17,18). The van der Waals surface area contributed by atoms with Gasteiger partial charge in [-0.1, -0.05) is 29.8 Å². The van der Waals surface area contributed by atoms with Gasteiger partial charge in [0.05, 0.1) is 5.75 Å². The van der Waals surface area contributed by atoms with Crippen LogP contribution < -0.4 is 5.32 Å². The number of aromatic nitrogens is 2. The van der Waals surface area contributed by atoms with E-state index in [4.69, 9.17) is 5.11 Å². The average Bonchev–Trinajstić information content (AvgIpc) is 2.87. The molecular weight excluding hydrogens is 290 g/mol. The summed E-state index contributed by atoms with van der Waals surface area (Å²) < 4.78 is 0. The van der Waals surface area contributed by atoms with Gasteiger partial charge in [-0.3, -0.25) is 9.89 Å². The summed E-state index contributed by atoms with van der Waals surface area (Å²) in [5.41, 5.74) is 2.30. The lowest BCUT2D eigenvalue weighted by atomic mass is 10.2. The summed E-state index contributed by atoms with van der Waals surface area (Å²) in [5.74, 6) is -0.0827. The maximum Gasteiger partial charge on any atom is 0.353 e. The zero-order valence-corrected chi connectivity index (χ0v) is 12.2. The molecule has 0 fully saturated rings. The number of carbonyl (C=O) groups is 2. The smallest absolute Gasteiger partial charge is 0.353 e. The van der Waals surface area contributed by atoms with Gasteiger partial charge in [0, 0.05) is 11.8 Å². The second kappa shape index (κ2) is 6.94. The Bertz CT molecular complexity index is 654. The topological polar surface area (TPSA) is 95.1 Å². The van der Waals surface area contributed by atoms with Gasteiger partial charge >= 0.3 is 5.97 Å². The van der Waals surface area contributed by atoms with Crippen LogP contribution in [0.15, 0.2) is 30.3 Å². The fraction of sp³-hybridized carbons (Fsp3) is 0.214. The highest BCUT2D eigenvalue weighted by Crippen LogP contribution is 2.14. The lowest BCUT2D eigenvalue weighted by Crippen LogP contribution is -2.14. The van der Waals surface area contributed by atoms with E-state index in [1.54, 1.807) is 0 Å². The van der Waals surface area contributed by atoms with Gasteiger partial charge in [0.25, 0.3) is 0 Å². The van der Waals surface area contributed by atoms with Gasteiger partial charge in [-0.05, 0) is 12.5 Å². The van der Waals surface area contributed by atoms with Gasteiger partial charge in [-0.25, -0.2) is 4.79 Å². The van der Waals surface area contributed by atoms with Crippen molar-refractivity contribution in [3.8, 4) is 0 Å². The summed E-state index contributed by atoms with van der Waals surface area (Å²) in [7, 11) is 0. The van der Waals surface area contributed by atoms with E-state index in [0.717, 1.165) is 5.75 Å². The Morgan fingerprint density at radius 2 is 2.19 bits per heavy atom. The Balaban J connectivity index is 1.78. The van der Waals surface area contributed by atoms with Crippen LogP contribution >= 0.6 is 11.8 Å². The highest BCUT2D eigenvalue weighted by Gasteiger charge is 2.10. The SMILES string of the molecule is Cc1cccc(CSCC(=O)Nc2cc(C(=O)O)[nH]n2)c1. The molecule has 0 saturated carbocycles. The van der Waals surface area contributed by atoms with Crippen LogP contribution in [-0.4, -0.2) is 32.9 Å². The normalized spacial score (nSPS) is 10.3. The molecule has 6 nitrogen and oxygen atoms in total. The van der Waals surface area contributed by atoms with Crippen LogP contribution in [0.1, 0.15) is 21.6 Å². The largest absolute Gasteiger partial charge is 0.477 e. The minimum absolute atomic E-state index is 0.0577. The number of rotatable bonds is 6. The molecule has 0 radical (unpaired) electrons. The third kappa shape index (κ3) is 4.64. The predicted molar refractivity (Wildman–Crippen MR) is 81.5 cm³/mol. The minimum atomic E-state index is -1.11. The minimum Gasteiger partial charge on any atom is -0.477 e. The number of H-pyrrole nitrogens is 1. The van der Waals surface area contributed by atoms with Crippen molar-refractivity contribution in [1.82, 2.24) is 10.2 Å². The Morgan fingerprint density at radius 3 is 2.86 bits per heavy atom. The molecule has 0 unspecified atom stereocenters. The number of hydrogen-bond acceptors (Lipinski definition) is 4. The van der Waals surface area contributed by atoms with Crippen LogP contribution in [0.4, 0.5) is 5.82 Å². The molecule has 3 N–H and O–H groups in total. The molecule has 2 aromatic rings. The molecule has 0 bridgehead atoms.